The number of aryl methyl sites for hydroxylation is 1. The maximum Gasteiger partial charge on any atom is 0.330 e. The first-order valence-electron chi connectivity index (χ1n) is 5.67. The first-order valence-corrected chi connectivity index (χ1v) is 5.67. The highest BCUT2D eigenvalue weighted by Gasteiger charge is 2.35. The third-order valence-corrected chi connectivity index (χ3v) is 2.99. The number of aromatic nitrogens is 2. The van der Waals surface area contributed by atoms with Gasteiger partial charge in [0.15, 0.2) is 0 Å². The molecule has 0 saturated carbocycles. The second kappa shape index (κ2) is 5.05. The van der Waals surface area contributed by atoms with Crippen molar-refractivity contribution in [2.75, 3.05) is 13.7 Å². The zero-order chi connectivity index (χ0) is 13.3. The van der Waals surface area contributed by atoms with Crippen molar-refractivity contribution < 1.29 is 14.6 Å². The van der Waals surface area contributed by atoms with Gasteiger partial charge in [0.25, 0.3) is 5.56 Å². The first kappa shape index (κ1) is 13.0. The van der Waals surface area contributed by atoms with Crippen molar-refractivity contribution in [1.82, 2.24) is 9.55 Å². The van der Waals surface area contributed by atoms with E-state index in [1.54, 1.807) is 6.92 Å². The van der Waals surface area contributed by atoms with Crippen LogP contribution in [0.4, 0.5) is 0 Å². The minimum absolute atomic E-state index is 0.259. The number of hydrogen-bond acceptors (Lipinski definition) is 5. The van der Waals surface area contributed by atoms with Gasteiger partial charge in [0, 0.05) is 25.3 Å². The molecule has 0 unspecified atom stereocenters. The zero-order valence-electron chi connectivity index (χ0n) is 10.3. The summed E-state index contributed by atoms with van der Waals surface area (Å²) in [6, 6.07) is 0. The summed E-state index contributed by atoms with van der Waals surface area (Å²) in [4.78, 5) is 25.1. The van der Waals surface area contributed by atoms with Gasteiger partial charge in [0.1, 0.15) is 12.3 Å². The quantitative estimate of drug-likeness (QED) is 0.734. The summed E-state index contributed by atoms with van der Waals surface area (Å²) in [6.45, 7) is 1.86. The number of hydrogen-bond donors (Lipinski definition) is 2. The third kappa shape index (κ3) is 2.38. The molecule has 2 rings (SSSR count). The van der Waals surface area contributed by atoms with Gasteiger partial charge in [-0.2, -0.15) is 0 Å². The van der Waals surface area contributed by atoms with E-state index < -0.39 is 29.7 Å². The zero-order valence-corrected chi connectivity index (χ0v) is 10.3. The fourth-order valence-corrected chi connectivity index (χ4v) is 2.00. The van der Waals surface area contributed by atoms with Crippen LogP contribution in [0, 0.1) is 6.92 Å². The van der Waals surface area contributed by atoms with Crippen molar-refractivity contribution in [1.29, 1.82) is 0 Å². The Morgan fingerprint density at radius 2 is 2.33 bits per heavy atom. The van der Waals surface area contributed by atoms with E-state index in [2.05, 4.69) is 4.98 Å². The number of aromatic amines is 1. The van der Waals surface area contributed by atoms with E-state index in [1.165, 1.54) is 17.9 Å². The highest BCUT2D eigenvalue weighted by molar-refractivity contribution is 5.02. The molecule has 1 aromatic heterocycles. The highest BCUT2D eigenvalue weighted by Crippen LogP contribution is 2.27. The Morgan fingerprint density at radius 3 is 3.00 bits per heavy atom. The fourth-order valence-electron chi connectivity index (χ4n) is 2.00. The molecule has 0 aromatic carbocycles. The number of ether oxygens (including phenoxy) is 2. The number of aliphatic hydroxyl groups excluding tert-OH is 1. The molecule has 7 nitrogen and oxygen atoms in total. The van der Waals surface area contributed by atoms with Crippen LogP contribution in [0.3, 0.4) is 0 Å². The molecule has 18 heavy (non-hydrogen) atoms. The van der Waals surface area contributed by atoms with E-state index in [1.807, 2.05) is 0 Å². The van der Waals surface area contributed by atoms with Crippen LogP contribution in [0.5, 0.6) is 0 Å². The summed E-state index contributed by atoms with van der Waals surface area (Å²) in [6.07, 6.45) is 0.00378. The van der Waals surface area contributed by atoms with Crippen LogP contribution in [-0.4, -0.2) is 40.6 Å². The van der Waals surface area contributed by atoms with E-state index in [4.69, 9.17) is 9.47 Å². The predicted molar refractivity (Wildman–Crippen MR) is 62.5 cm³/mol. The molecular weight excluding hydrogens is 240 g/mol. The number of rotatable bonds is 3. The average molecular weight is 256 g/mol. The van der Waals surface area contributed by atoms with Crippen molar-refractivity contribution in [2.24, 2.45) is 0 Å². The number of nitrogens with zero attached hydrogens (tertiary/aromatic N) is 1. The summed E-state index contributed by atoms with van der Waals surface area (Å²) < 4.78 is 11.8. The van der Waals surface area contributed by atoms with Crippen LogP contribution < -0.4 is 11.2 Å². The molecule has 0 spiro atoms. The second-order valence-corrected chi connectivity index (χ2v) is 4.37. The lowest BCUT2D eigenvalue weighted by molar-refractivity contribution is -0.0547. The van der Waals surface area contributed by atoms with Crippen molar-refractivity contribution in [3.63, 3.8) is 0 Å². The summed E-state index contributed by atoms with van der Waals surface area (Å²) in [5.74, 6) is 0. The Morgan fingerprint density at radius 1 is 1.61 bits per heavy atom. The summed E-state index contributed by atoms with van der Waals surface area (Å²) in [5.41, 5.74) is -0.535. The van der Waals surface area contributed by atoms with Crippen molar-refractivity contribution in [3.8, 4) is 0 Å². The number of H-pyrrole nitrogens is 1. The predicted octanol–water partition coefficient (Wildman–Crippen LogP) is -0.860. The van der Waals surface area contributed by atoms with E-state index in [0.29, 0.717) is 12.0 Å². The lowest BCUT2D eigenvalue weighted by Gasteiger charge is -2.15. The number of nitrogens with one attached hydrogen (secondary N) is 1. The highest BCUT2D eigenvalue weighted by atomic mass is 16.6. The van der Waals surface area contributed by atoms with Gasteiger partial charge < -0.3 is 14.6 Å². The molecule has 0 aliphatic carbocycles. The maximum absolute atomic E-state index is 11.7. The van der Waals surface area contributed by atoms with Gasteiger partial charge >= 0.3 is 5.69 Å². The van der Waals surface area contributed by atoms with Crippen LogP contribution >= 0.6 is 0 Å². The molecule has 3 atom stereocenters. The minimum atomic E-state index is -0.686. The Hall–Kier alpha value is -1.44. The van der Waals surface area contributed by atoms with Crippen LogP contribution in [-0.2, 0) is 9.47 Å². The maximum atomic E-state index is 11.7. The number of methoxy groups -OCH3 is 1. The van der Waals surface area contributed by atoms with Crippen LogP contribution in [0.2, 0.25) is 0 Å². The molecular formula is C11H16N2O5. The molecule has 7 heteroatoms. The molecule has 2 N–H and O–H groups in total. The van der Waals surface area contributed by atoms with Crippen LogP contribution in [0.1, 0.15) is 18.2 Å². The topological polar surface area (TPSA) is 93.5 Å². The molecule has 0 amide bonds. The smallest absolute Gasteiger partial charge is 0.330 e. The molecule has 1 aromatic rings. The Labute approximate surface area is 103 Å². The fraction of sp³-hybridized carbons (Fsp3) is 0.636. The second-order valence-electron chi connectivity index (χ2n) is 4.37. The minimum Gasteiger partial charge on any atom is -0.390 e. The average Bonchev–Trinajstić information content (AvgIpc) is 2.66. The van der Waals surface area contributed by atoms with Gasteiger partial charge in [0.2, 0.25) is 0 Å². The Balaban J connectivity index is 2.26. The van der Waals surface area contributed by atoms with Crippen molar-refractivity contribution in [3.05, 3.63) is 32.6 Å². The normalized spacial score (nSPS) is 27.6. The van der Waals surface area contributed by atoms with E-state index in [0.717, 1.165) is 0 Å². The Kier molecular flexibility index (Phi) is 3.65. The summed E-state index contributed by atoms with van der Waals surface area (Å²) >= 11 is 0. The third-order valence-electron chi connectivity index (χ3n) is 2.99. The molecule has 1 aliphatic rings. The van der Waals surface area contributed by atoms with Crippen LogP contribution in [0.25, 0.3) is 0 Å². The summed E-state index contributed by atoms with van der Waals surface area (Å²) in [7, 11) is 1.51. The molecule has 100 valence electrons. The van der Waals surface area contributed by atoms with Gasteiger partial charge in [-0.1, -0.05) is 0 Å². The monoisotopic (exact) mass is 256 g/mol. The van der Waals surface area contributed by atoms with E-state index in [-0.39, 0.29) is 6.61 Å². The van der Waals surface area contributed by atoms with Gasteiger partial charge in [0.05, 0.1) is 12.7 Å². The molecule has 2 heterocycles. The SMILES string of the molecule is COC[C@@H]1O[C@H](n2cc(C)c(=O)[nH]c2=O)C[C@H]1O. The van der Waals surface area contributed by atoms with Gasteiger partial charge in [-0.05, 0) is 6.92 Å². The van der Waals surface area contributed by atoms with Crippen molar-refractivity contribution in [2.45, 2.75) is 31.8 Å². The standard InChI is InChI=1S/C11H16N2O5/c1-6-4-13(11(16)12-10(6)15)9-3-7(14)8(18-9)5-17-2/h4,7-9,14H,3,5H2,1-2H3,(H,12,15,16)/t7-,8+,9+/m1/s1. The largest absolute Gasteiger partial charge is 0.390 e. The molecule has 1 saturated heterocycles. The lowest BCUT2D eigenvalue weighted by Crippen LogP contribution is -2.33. The first-order chi connectivity index (χ1) is 8.52. The van der Waals surface area contributed by atoms with E-state index in [9.17, 15) is 14.7 Å². The van der Waals surface area contributed by atoms with Crippen molar-refractivity contribution >= 4 is 0 Å². The number of aliphatic hydroxyl groups is 1. The molecule has 1 fully saturated rings. The van der Waals surface area contributed by atoms with Crippen LogP contribution in [0.15, 0.2) is 15.8 Å². The summed E-state index contributed by atoms with van der Waals surface area (Å²) in [5, 5.41) is 9.77. The van der Waals surface area contributed by atoms with E-state index >= 15 is 0 Å². The van der Waals surface area contributed by atoms with Gasteiger partial charge in [-0.15, -0.1) is 0 Å². The molecule has 0 radical (unpaired) electrons. The molecule has 1 aliphatic heterocycles. The Bertz CT molecular complexity index is 535. The molecule has 0 bridgehead atoms. The lowest BCUT2D eigenvalue weighted by atomic mass is 10.2. The van der Waals surface area contributed by atoms with Gasteiger partial charge in [-0.3, -0.25) is 14.3 Å². The van der Waals surface area contributed by atoms with Gasteiger partial charge in [-0.25, -0.2) is 4.79 Å².